The molecule has 1 fully saturated rings. The van der Waals surface area contributed by atoms with E-state index in [9.17, 15) is 27.9 Å². The molecule has 0 atom stereocenters. The quantitative estimate of drug-likeness (QED) is 0.320. The van der Waals surface area contributed by atoms with Gasteiger partial charge in [-0.1, -0.05) is 51.2 Å². The lowest BCUT2D eigenvalue weighted by atomic mass is 9.87. The van der Waals surface area contributed by atoms with E-state index in [1.807, 2.05) is 11.6 Å². The lowest BCUT2D eigenvalue weighted by Crippen LogP contribution is -2.31. The van der Waals surface area contributed by atoms with Crippen LogP contribution in [0.15, 0.2) is 41.4 Å². The maximum Gasteiger partial charge on any atom is 0.354 e. The minimum Gasteiger partial charge on any atom is -0.477 e. The summed E-state index contributed by atoms with van der Waals surface area (Å²) < 4.78 is 27.6. The zero-order valence-corrected chi connectivity index (χ0v) is 22.7. The number of benzene rings is 1. The highest BCUT2D eigenvalue weighted by Gasteiger charge is 2.21. The fraction of sp³-hybridized carbons (Fsp3) is 0.500. The summed E-state index contributed by atoms with van der Waals surface area (Å²) >= 11 is 0. The number of carbonyl (C=O) groups is 3. The van der Waals surface area contributed by atoms with Crippen molar-refractivity contribution in [2.24, 2.45) is 5.92 Å². The highest BCUT2D eigenvalue weighted by molar-refractivity contribution is 7.90. The third-order valence-corrected chi connectivity index (χ3v) is 8.22. The Hall–Kier alpha value is -3.27. The zero-order valence-electron chi connectivity index (χ0n) is 21.9. The molecule has 0 radical (unpaired) electrons. The number of hydrogen-bond donors (Lipinski definition) is 3. The van der Waals surface area contributed by atoms with Gasteiger partial charge in [0.05, 0.1) is 10.5 Å². The summed E-state index contributed by atoms with van der Waals surface area (Å²) in [6.07, 6.45) is 11.1. The zero-order chi connectivity index (χ0) is 27.5. The van der Waals surface area contributed by atoms with E-state index in [4.69, 9.17) is 0 Å². The molecule has 3 N–H and O–H groups in total. The Balaban J connectivity index is 1.56. The van der Waals surface area contributed by atoms with E-state index in [0.29, 0.717) is 37.3 Å². The largest absolute Gasteiger partial charge is 0.477 e. The van der Waals surface area contributed by atoms with Gasteiger partial charge in [0, 0.05) is 19.2 Å². The van der Waals surface area contributed by atoms with Gasteiger partial charge in [-0.15, -0.1) is 0 Å². The van der Waals surface area contributed by atoms with Crippen LogP contribution in [0.25, 0.3) is 0 Å². The summed E-state index contributed by atoms with van der Waals surface area (Å²) in [6, 6.07) is 7.53. The van der Waals surface area contributed by atoms with E-state index in [1.165, 1.54) is 37.5 Å². The van der Waals surface area contributed by atoms with Crippen LogP contribution in [0.3, 0.4) is 0 Å². The summed E-state index contributed by atoms with van der Waals surface area (Å²) in [7, 11) is -4.15. The molecule has 1 aliphatic rings. The first-order valence-corrected chi connectivity index (χ1v) is 14.8. The SMILES string of the molecule is CCCCCc1cc(C(=O)NS(=O)(=O)c2ccc(CCNC(=O)CC3CCCCC3)cc2)cnc1C(=O)O. The fourth-order valence-corrected chi connectivity index (χ4v) is 5.70. The number of nitrogens with one attached hydrogen (secondary N) is 2. The predicted octanol–water partition coefficient (Wildman–Crippen LogP) is 4.26. The molecular weight excluding hydrogens is 506 g/mol. The van der Waals surface area contributed by atoms with Crippen molar-refractivity contribution in [2.45, 2.75) is 82.4 Å². The molecule has 0 unspecified atom stereocenters. The van der Waals surface area contributed by atoms with Crippen molar-refractivity contribution < 1.29 is 27.9 Å². The van der Waals surface area contributed by atoms with E-state index < -0.39 is 21.9 Å². The Labute approximate surface area is 224 Å². The maximum absolute atomic E-state index is 12.8. The number of aryl methyl sites for hydroxylation is 1. The average molecular weight is 544 g/mol. The first-order chi connectivity index (χ1) is 18.2. The lowest BCUT2D eigenvalue weighted by Gasteiger charge is -2.20. The number of aromatic carboxylic acids is 1. The van der Waals surface area contributed by atoms with Crippen LogP contribution in [-0.4, -0.2) is 42.8 Å². The van der Waals surface area contributed by atoms with Gasteiger partial charge in [-0.05, 0) is 67.3 Å². The molecule has 206 valence electrons. The Morgan fingerprint density at radius 1 is 1.03 bits per heavy atom. The topological polar surface area (TPSA) is 143 Å². The van der Waals surface area contributed by atoms with Crippen LogP contribution in [0.1, 0.15) is 96.7 Å². The van der Waals surface area contributed by atoms with Gasteiger partial charge >= 0.3 is 5.97 Å². The molecule has 2 amide bonds. The summed E-state index contributed by atoms with van der Waals surface area (Å²) in [5, 5.41) is 12.3. The van der Waals surface area contributed by atoms with Crippen LogP contribution >= 0.6 is 0 Å². The van der Waals surface area contributed by atoms with Crippen LogP contribution in [-0.2, 0) is 27.7 Å². The smallest absolute Gasteiger partial charge is 0.354 e. The first kappa shape index (κ1) is 29.3. The third kappa shape index (κ3) is 8.65. The number of pyridine rings is 1. The number of aromatic nitrogens is 1. The summed E-state index contributed by atoms with van der Waals surface area (Å²) in [5.74, 6) is -1.55. The number of rotatable bonds is 13. The molecule has 9 nitrogen and oxygen atoms in total. The minimum atomic E-state index is -4.15. The molecule has 0 spiro atoms. The number of nitrogens with zero attached hydrogens (tertiary/aromatic N) is 1. The highest BCUT2D eigenvalue weighted by Crippen LogP contribution is 2.26. The molecule has 2 aromatic rings. The number of amides is 2. The second kappa shape index (κ2) is 14.0. The molecule has 1 heterocycles. The second-order valence-corrected chi connectivity index (χ2v) is 11.6. The standard InChI is InChI=1S/C28H37N3O6S/c1-2-3-5-10-22-18-23(19-30-26(22)28(34)35)27(33)31-38(36,37)24-13-11-20(12-14-24)15-16-29-25(32)17-21-8-6-4-7-9-21/h11-14,18-19,21H,2-10,15-17H2,1H3,(H,29,32)(H,31,33)(H,34,35). The minimum absolute atomic E-state index is 0.0225. The number of carbonyl (C=O) groups excluding carboxylic acids is 2. The van der Waals surface area contributed by atoms with E-state index >= 15 is 0 Å². The van der Waals surface area contributed by atoms with Crippen LogP contribution in [0.2, 0.25) is 0 Å². The van der Waals surface area contributed by atoms with Gasteiger partial charge in [-0.3, -0.25) is 9.59 Å². The van der Waals surface area contributed by atoms with Crippen LogP contribution in [0.4, 0.5) is 0 Å². The van der Waals surface area contributed by atoms with Gasteiger partial charge < -0.3 is 10.4 Å². The molecular formula is C28H37N3O6S. The van der Waals surface area contributed by atoms with Crippen molar-refractivity contribution in [2.75, 3.05) is 6.54 Å². The van der Waals surface area contributed by atoms with Crippen molar-refractivity contribution >= 4 is 27.8 Å². The number of sulfonamides is 1. The number of carboxylic acids is 1. The molecule has 0 bridgehead atoms. The highest BCUT2D eigenvalue weighted by atomic mass is 32.2. The van der Waals surface area contributed by atoms with Crippen molar-refractivity contribution in [3.8, 4) is 0 Å². The molecule has 38 heavy (non-hydrogen) atoms. The average Bonchev–Trinajstić information content (AvgIpc) is 2.89. The molecule has 1 aliphatic carbocycles. The molecule has 1 aromatic heterocycles. The van der Waals surface area contributed by atoms with Crippen LogP contribution in [0.5, 0.6) is 0 Å². The van der Waals surface area contributed by atoms with E-state index in [-0.39, 0.29) is 22.1 Å². The molecule has 10 heteroatoms. The Morgan fingerprint density at radius 3 is 2.39 bits per heavy atom. The molecule has 3 rings (SSSR count). The van der Waals surface area contributed by atoms with Gasteiger partial charge in [0.2, 0.25) is 5.91 Å². The van der Waals surface area contributed by atoms with E-state index in [0.717, 1.165) is 43.9 Å². The fourth-order valence-electron chi connectivity index (χ4n) is 4.73. The Kier molecular flexibility index (Phi) is 10.8. The molecule has 1 aromatic carbocycles. The molecule has 1 saturated carbocycles. The maximum atomic E-state index is 12.8. The second-order valence-electron chi connectivity index (χ2n) is 9.88. The Bertz CT molecular complexity index is 1220. The Morgan fingerprint density at radius 2 is 1.74 bits per heavy atom. The van der Waals surface area contributed by atoms with Gasteiger partial charge in [0.15, 0.2) is 5.69 Å². The van der Waals surface area contributed by atoms with Crippen LogP contribution in [0, 0.1) is 5.92 Å². The van der Waals surface area contributed by atoms with Gasteiger partial charge in [-0.25, -0.2) is 22.9 Å². The summed E-state index contributed by atoms with van der Waals surface area (Å²) in [5.41, 5.74) is 1.09. The number of hydrogen-bond acceptors (Lipinski definition) is 6. The van der Waals surface area contributed by atoms with Gasteiger partial charge in [-0.2, -0.15) is 0 Å². The van der Waals surface area contributed by atoms with Crippen molar-refractivity contribution in [1.82, 2.24) is 15.0 Å². The number of unbranched alkanes of at least 4 members (excludes halogenated alkanes) is 2. The van der Waals surface area contributed by atoms with E-state index in [1.54, 1.807) is 12.1 Å². The van der Waals surface area contributed by atoms with Gasteiger partial charge in [0.1, 0.15) is 0 Å². The van der Waals surface area contributed by atoms with Crippen molar-refractivity contribution in [3.63, 3.8) is 0 Å². The van der Waals surface area contributed by atoms with Crippen LogP contribution < -0.4 is 10.0 Å². The van der Waals surface area contributed by atoms with Gasteiger partial charge in [0.25, 0.3) is 15.9 Å². The monoisotopic (exact) mass is 543 g/mol. The van der Waals surface area contributed by atoms with Crippen molar-refractivity contribution in [1.29, 1.82) is 0 Å². The summed E-state index contributed by atoms with van der Waals surface area (Å²) in [4.78, 5) is 40.2. The summed E-state index contributed by atoms with van der Waals surface area (Å²) in [6.45, 7) is 2.49. The third-order valence-electron chi connectivity index (χ3n) is 6.88. The molecule has 0 aliphatic heterocycles. The number of carboxylic acid groups (broad SMARTS) is 1. The normalized spacial score (nSPS) is 14.1. The van der Waals surface area contributed by atoms with E-state index in [2.05, 4.69) is 10.3 Å². The van der Waals surface area contributed by atoms with Crippen molar-refractivity contribution in [3.05, 3.63) is 58.9 Å². The molecule has 0 saturated heterocycles. The predicted molar refractivity (Wildman–Crippen MR) is 143 cm³/mol. The first-order valence-electron chi connectivity index (χ1n) is 13.3. The lowest BCUT2D eigenvalue weighted by molar-refractivity contribution is -0.122.